The summed E-state index contributed by atoms with van der Waals surface area (Å²) in [6.07, 6.45) is 0. The molecule has 0 heterocycles. The van der Waals surface area contributed by atoms with Crippen LogP contribution in [0, 0.1) is 11.5 Å². The third-order valence-electron chi connectivity index (χ3n) is 7.34. The molecule has 0 atom stereocenters. The molecule has 0 radical (unpaired) electrons. The molecule has 0 spiro atoms. The van der Waals surface area contributed by atoms with Gasteiger partial charge in [-0.25, -0.2) is 0 Å². The molecule has 2 N–H and O–H groups in total. The molecule has 0 aliphatic heterocycles. The Kier molecular flexibility index (Phi) is 7.15. The van der Waals surface area contributed by atoms with Crippen molar-refractivity contribution in [3.63, 3.8) is 0 Å². The number of hydrogen-bond acceptors (Lipinski definition) is 1. The van der Waals surface area contributed by atoms with Crippen molar-refractivity contribution in [2.75, 3.05) is 5.73 Å². The van der Waals surface area contributed by atoms with E-state index in [1.54, 1.807) is 0 Å². The van der Waals surface area contributed by atoms with Crippen LogP contribution >= 0.6 is 0 Å². The minimum absolute atomic E-state index is 0.0777. The molecule has 0 aliphatic rings. The normalized spacial score (nSPS) is 12.5. The molecule has 0 saturated heterocycles. The van der Waals surface area contributed by atoms with Crippen LogP contribution in [0.3, 0.4) is 0 Å². The van der Waals surface area contributed by atoms with Gasteiger partial charge in [-0.15, -0.1) is 5.54 Å². The number of benzene rings is 3. The van der Waals surface area contributed by atoms with Gasteiger partial charge in [-0.1, -0.05) is 92.5 Å². The number of hydrogen-bond donors (Lipinski definition) is 1. The summed E-state index contributed by atoms with van der Waals surface area (Å²) in [6.45, 7) is 21.1. The first-order chi connectivity index (χ1) is 15.4. The lowest BCUT2D eigenvalue weighted by atomic mass is 9.84. The molecule has 1 nitrogen and oxygen atoms in total. The molecule has 2 heteroatoms. The lowest BCUT2D eigenvalue weighted by Gasteiger charge is -2.38. The van der Waals surface area contributed by atoms with Crippen LogP contribution in [0.2, 0.25) is 16.6 Å². The molecule has 0 aliphatic carbocycles. The van der Waals surface area contributed by atoms with Gasteiger partial charge >= 0.3 is 0 Å². The number of nitrogens with two attached hydrogens (primary N) is 1. The first kappa shape index (κ1) is 25.1. The van der Waals surface area contributed by atoms with E-state index in [0.717, 1.165) is 11.3 Å². The van der Waals surface area contributed by atoms with Crippen LogP contribution in [0.25, 0.3) is 21.9 Å². The largest absolute Gasteiger partial charge is 0.399 e. The highest BCUT2D eigenvalue weighted by molar-refractivity contribution is 6.90. The van der Waals surface area contributed by atoms with E-state index in [1.807, 2.05) is 6.07 Å². The summed E-state index contributed by atoms with van der Waals surface area (Å²) in [5, 5.41) is 2.38. The molecule has 0 unspecified atom stereocenters. The summed E-state index contributed by atoms with van der Waals surface area (Å²) >= 11 is 0. The molecular weight excluding hydrogens is 414 g/mol. The van der Waals surface area contributed by atoms with Crippen LogP contribution in [-0.4, -0.2) is 8.07 Å². The molecule has 33 heavy (non-hydrogen) atoms. The van der Waals surface area contributed by atoms with E-state index in [-0.39, 0.29) is 5.41 Å². The van der Waals surface area contributed by atoms with Gasteiger partial charge in [0.05, 0.1) is 0 Å². The Labute approximate surface area is 202 Å². The highest BCUT2D eigenvalue weighted by Crippen LogP contribution is 2.41. The average Bonchev–Trinajstić information content (AvgIpc) is 2.72. The zero-order valence-corrected chi connectivity index (χ0v) is 23.0. The second-order valence-corrected chi connectivity index (χ2v) is 17.1. The molecule has 3 rings (SSSR count). The quantitative estimate of drug-likeness (QED) is 0.237. The molecule has 0 saturated carbocycles. The summed E-state index contributed by atoms with van der Waals surface area (Å²) in [7, 11) is -1.81. The maximum atomic E-state index is 6.09. The van der Waals surface area contributed by atoms with E-state index in [1.165, 1.54) is 27.5 Å². The van der Waals surface area contributed by atoms with E-state index in [4.69, 9.17) is 5.73 Å². The molecule has 0 amide bonds. The number of rotatable bonds is 4. The average molecular weight is 456 g/mol. The summed E-state index contributed by atoms with van der Waals surface area (Å²) in [6, 6.07) is 19.7. The van der Waals surface area contributed by atoms with Gasteiger partial charge in [0.25, 0.3) is 0 Å². The fraction of sp³-hybridized carbons (Fsp3) is 0.419. The number of nitrogen functional groups attached to an aromatic ring is 1. The second-order valence-electron chi connectivity index (χ2n) is 11.5. The van der Waals surface area contributed by atoms with E-state index < -0.39 is 8.07 Å². The van der Waals surface area contributed by atoms with Crippen molar-refractivity contribution in [1.82, 2.24) is 0 Å². The predicted octanol–water partition coefficient (Wildman–Crippen LogP) is 8.96. The Bertz CT molecular complexity index is 1180. The van der Waals surface area contributed by atoms with Gasteiger partial charge in [0.1, 0.15) is 8.07 Å². The SMILES string of the molecule is CC(C)[Si](C#Cc1ccc(C(C)(C)C)cc1-c1ccc2ccc(N)cc2c1)(C(C)C)C(C)C. The Balaban J connectivity index is 2.26. The summed E-state index contributed by atoms with van der Waals surface area (Å²) in [5.41, 5.74) is 17.6. The number of fused-ring (bicyclic) bond motifs is 1. The summed E-state index contributed by atoms with van der Waals surface area (Å²) < 4.78 is 0. The van der Waals surface area contributed by atoms with E-state index in [2.05, 4.69) is 122 Å². The van der Waals surface area contributed by atoms with Crippen LogP contribution in [0.4, 0.5) is 5.69 Å². The Morgan fingerprint density at radius 1 is 0.727 bits per heavy atom. The van der Waals surface area contributed by atoms with Gasteiger partial charge in [-0.05, 0) is 79.8 Å². The second kappa shape index (κ2) is 9.39. The zero-order chi connectivity index (χ0) is 24.6. The summed E-state index contributed by atoms with van der Waals surface area (Å²) in [4.78, 5) is 0. The fourth-order valence-electron chi connectivity index (χ4n) is 5.40. The molecule has 3 aromatic rings. The molecule has 3 aromatic carbocycles. The highest BCUT2D eigenvalue weighted by Gasteiger charge is 2.41. The monoisotopic (exact) mass is 455 g/mol. The standard InChI is InChI=1S/C31H41NSi/c1-21(2)33(22(3)4,23(5)6)17-16-25-12-14-28(31(7,8)9)20-30(25)26-11-10-24-13-15-29(32)19-27(24)18-26/h10-15,18-23H,32H2,1-9H3. The fourth-order valence-corrected chi connectivity index (χ4v) is 10.6. The van der Waals surface area contributed by atoms with E-state index in [0.29, 0.717) is 16.6 Å². The molecule has 0 fully saturated rings. The van der Waals surface area contributed by atoms with Crippen molar-refractivity contribution in [3.8, 4) is 22.6 Å². The molecule has 0 aromatic heterocycles. The van der Waals surface area contributed by atoms with Crippen LogP contribution in [0.1, 0.15) is 73.4 Å². The Morgan fingerprint density at radius 2 is 1.33 bits per heavy atom. The van der Waals surface area contributed by atoms with Crippen molar-refractivity contribution >= 4 is 24.5 Å². The van der Waals surface area contributed by atoms with Crippen molar-refractivity contribution in [2.24, 2.45) is 0 Å². The van der Waals surface area contributed by atoms with Crippen LogP contribution < -0.4 is 5.73 Å². The van der Waals surface area contributed by atoms with Crippen molar-refractivity contribution < 1.29 is 0 Å². The van der Waals surface area contributed by atoms with Crippen molar-refractivity contribution in [3.05, 3.63) is 65.7 Å². The third-order valence-corrected chi connectivity index (χ3v) is 13.6. The van der Waals surface area contributed by atoms with E-state index >= 15 is 0 Å². The van der Waals surface area contributed by atoms with E-state index in [9.17, 15) is 0 Å². The maximum Gasteiger partial charge on any atom is 0.146 e. The highest BCUT2D eigenvalue weighted by atomic mass is 28.3. The molecular formula is C31H41NSi. The van der Waals surface area contributed by atoms with Gasteiger partial charge in [0, 0.05) is 11.3 Å². The van der Waals surface area contributed by atoms with Crippen molar-refractivity contribution in [1.29, 1.82) is 0 Å². The van der Waals surface area contributed by atoms with Crippen LogP contribution in [0.15, 0.2) is 54.6 Å². The Hall–Kier alpha value is -2.50. The van der Waals surface area contributed by atoms with Crippen LogP contribution in [0.5, 0.6) is 0 Å². The smallest absolute Gasteiger partial charge is 0.146 e. The number of anilines is 1. The Morgan fingerprint density at radius 3 is 1.91 bits per heavy atom. The first-order valence-electron chi connectivity index (χ1n) is 12.3. The van der Waals surface area contributed by atoms with Crippen LogP contribution in [-0.2, 0) is 5.41 Å². The van der Waals surface area contributed by atoms with Gasteiger partial charge in [0.2, 0.25) is 0 Å². The summed E-state index contributed by atoms with van der Waals surface area (Å²) in [5.74, 6) is 3.72. The van der Waals surface area contributed by atoms with Crippen molar-refractivity contribution in [2.45, 2.75) is 84.4 Å². The third kappa shape index (κ3) is 5.04. The minimum atomic E-state index is -1.81. The molecule has 174 valence electrons. The lowest BCUT2D eigenvalue weighted by Crippen LogP contribution is -2.43. The lowest BCUT2D eigenvalue weighted by molar-refractivity contribution is 0.590. The minimum Gasteiger partial charge on any atom is -0.399 e. The predicted molar refractivity (Wildman–Crippen MR) is 150 cm³/mol. The first-order valence-corrected chi connectivity index (χ1v) is 14.6. The topological polar surface area (TPSA) is 26.0 Å². The van der Waals surface area contributed by atoms with Gasteiger partial charge < -0.3 is 5.73 Å². The zero-order valence-electron chi connectivity index (χ0n) is 22.0. The van der Waals surface area contributed by atoms with Gasteiger partial charge in [-0.2, -0.15) is 0 Å². The van der Waals surface area contributed by atoms with Gasteiger partial charge in [0.15, 0.2) is 0 Å². The van der Waals surface area contributed by atoms with Gasteiger partial charge in [-0.3, -0.25) is 0 Å². The molecule has 0 bridgehead atoms. The maximum absolute atomic E-state index is 6.09.